The lowest BCUT2D eigenvalue weighted by Gasteiger charge is -1.86. The zero-order chi connectivity index (χ0) is 11.1. The number of para-hydroxylation sites is 1. The van der Waals surface area contributed by atoms with Crippen LogP contribution in [0.2, 0.25) is 0 Å². The molecule has 77 valence electrons. The molecule has 0 bridgehead atoms. The highest BCUT2D eigenvalue weighted by atomic mass is 16.6. The normalized spacial score (nSPS) is 9.00. The highest BCUT2D eigenvalue weighted by molar-refractivity contribution is 5.30. The standard InChI is InChI=1S/C14H11NO/c1-3-7-13(8-4-1)11-12-15-16-14-9-5-2-6-10-14/h1-11H/q+1. The Morgan fingerprint density at radius 1 is 0.875 bits per heavy atom. The van der Waals surface area contributed by atoms with Crippen LogP contribution in [0, 0.1) is 12.5 Å². The van der Waals surface area contributed by atoms with Gasteiger partial charge in [0.15, 0.2) is 0 Å². The first-order valence-electron chi connectivity index (χ1n) is 5.01. The van der Waals surface area contributed by atoms with Gasteiger partial charge in [0.1, 0.15) is 6.42 Å². The van der Waals surface area contributed by atoms with Crippen molar-refractivity contribution < 1.29 is 4.84 Å². The highest BCUT2D eigenvalue weighted by Crippen LogP contribution is 2.08. The van der Waals surface area contributed by atoms with Crippen LogP contribution in [-0.2, 0) is 0 Å². The van der Waals surface area contributed by atoms with Crippen molar-refractivity contribution in [3.05, 3.63) is 77.7 Å². The summed E-state index contributed by atoms with van der Waals surface area (Å²) >= 11 is 0. The van der Waals surface area contributed by atoms with Gasteiger partial charge in [-0.05, 0) is 17.7 Å². The molecule has 2 aromatic carbocycles. The number of hydrogen-bond donors (Lipinski definition) is 0. The van der Waals surface area contributed by atoms with E-state index in [4.69, 9.17) is 4.84 Å². The molecule has 16 heavy (non-hydrogen) atoms. The van der Waals surface area contributed by atoms with E-state index in [1.807, 2.05) is 60.7 Å². The van der Waals surface area contributed by atoms with Gasteiger partial charge in [0.2, 0.25) is 10.8 Å². The molecule has 0 unspecified atom stereocenters. The molecule has 2 aromatic rings. The fraction of sp³-hybridized carbons (Fsp3) is 0. The summed E-state index contributed by atoms with van der Waals surface area (Å²) in [5, 5.41) is 3.73. The van der Waals surface area contributed by atoms with Gasteiger partial charge in [-0.2, -0.15) is 0 Å². The lowest BCUT2D eigenvalue weighted by molar-refractivity contribution is 0.473. The molecule has 0 aliphatic carbocycles. The summed E-state index contributed by atoms with van der Waals surface area (Å²) < 4.78 is 0. The Kier molecular flexibility index (Phi) is 3.57. The maximum atomic E-state index is 5.11. The molecule has 0 aromatic heterocycles. The molecular weight excluding hydrogens is 198 g/mol. The third kappa shape index (κ3) is 3.14. The third-order valence-corrected chi connectivity index (χ3v) is 1.98. The molecule has 0 amide bonds. The van der Waals surface area contributed by atoms with E-state index >= 15 is 0 Å². The molecular formula is C14H11NO+. The second-order valence-corrected chi connectivity index (χ2v) is 3.18. The van der Waals surface area contributed by atoms with E-state index in [0.717, 1.165) is 5.56 Å². The van der Waals surface area contributed by atoms with E-state index < -0.39 is 0 Å². The first kappa shape index (κ1) is 10.3. The van der Waals surface area contributed by atoms with Gasteiger partial charge < -0.3 is 0 Å². The Bertz CT molecular complexity index is 437. The monoisotopic (exact) mass is 209 g/mol. The molecule has 2 nitrogen and oxygen atoms in total. The van der Waals surface area contributed by atoms with Crippen LogP contribution in [0.1, 0.15) is 5.56 Å². The SMILES string of the molecule is C([CH]c1ccccc1)#[N+]Oc1ccccc1. The molecule has 2 heteroatoms. The highest BCUT2D eigenvalue weighted by Gasteiger charge is 1.98. The van der Waals surface area contributed by atoms with Crippen molar-refractivity contribution in [2.45, 2.75) is 0 Å². The van der Waals surface area contributed by atoms with Crippen molar-refractivity contribution in [2.24, 2.45) is 0 Å². The van der Waals surface area contributed by atoms with E-state index in [1.54, 1.807) is 6.42 Å². The van der Waals surface area contributed by atoms with Crippen LogP contribution < -0.4 is 4.84 Å². The Balaban J connectivity index is 1.88. The van der Waals surface area contributed by atoms with Crippen molar-refractivity contribution in [2.75, 3.05) is 0 Å². The van der Waals surface area contributed by atoms with Gasteiger partial charge >= 0.3 is 6.07 Å². The van der Waals surface area contributed by atoms with Gasteiger partial charge in [0, 0.05) is 0 Å². The fourth-order valence-electron chi connectivity index (χ4n) is 1.21. The summed E-state index contributed by atoms with van der Waals surface area (Å²) in [6.07, 6.45) is 1.77. The smallest absolute Gasteiger partial charge is 0.122 e. The van der Waals surface area contributed by atoms with Crippen LogP contribution in [0.3, 0.4) is 0 Å². The summed E-state index contributed by atoms with van der Waals surface area (Å²) in [5.41, 5.74) is 1.04. The fourth-order valence-corrected chi connectivity index (χ4v) is 1.21. The molecule has 0 aliphatic heterocycles. The van der Waals surface area contributed by atoms with Gasteiger partial charge in [-0.3, -0.25) is 0 Å². The topological polar surface area (TPSA) is 13.6 Å². The largest absolute Gasteiger partial charge is 0.360 e. The van der Waals surface area contributed by atoms with Crippen molar-refractivity contribution in [3.8, 4) is 11.8 Å². The molecule has 0 atom stereocenters. The van der Waals surface area contributed by atoms with E-state index in [2.05, 4.69) is 11.1 Å². The summed E-state index contributed by atoms with van der Waals surface area (Å²) in [6, 6.07) is 22.0. The summed E-state index contributed by atoms with van der Waals surface area (Å²) in [7, 11) is 0. The quantitative estimate of drug-likeness (QED) is 0.689. The van der Waals surface area contributed by atoms with Crippen molar-refractivity contribution in [3.63, 3.8) is 0 Å². The minimum absolute atomic E-state index is 0.705. The Morgan fingerprint density at radius 2 is 1.50 bits per heavy atom. The van der Waals surface area contributed by atoms with Crippen LogP contribution in [0.25, 0.3) is 5.01 Å². The molecule has 2 rings (SSSR count). The first-order chi connectivity index (χ1) is 7.95. The lowest BCUT2D eigenvalue weighted by atomic mass is 10.2. The molecule has 0 fully saturated rings. The molecule has 0 spiro atoms. The Labute approximate surface area is 94.9 Å². The third-order valence-electron chi connectivity index (χ3n) is 1.98. The van der Waals surface area contributed by atoms with Gasteiger partial charge in [0.05, 0.1) is 0 Å². The predicted octanol–water partition coefficient (Wildman–Crippen LogP) is 3.57. The van der Waals surface area contributed by atoms with Gasteiger partial charge in [-0.1, -0.05) is 48.5 Å². The van der Waals surface area contributed by atoms with Crippen molar-refractivity contribution in [1.82, 2.24) is 0 Å². The van der Waals surface area contributed by atoms with Crippen LogP contribution >= 0.6 is 0 Å². The first-order valence-corrected chi connectivity index (χ1v) is 5.01. The minimum atomic E-state index is 0.705. The molecule has 0 heterocycles. The zero-order valence-corrected chi connectivity index (χ0v) is 8.71. The second kappa shape index (κ2) is 5.57. The average molecular weight is 209 g/mol. The van der Waals surface area contributed by atoms with E-state index in [9.17, 15) is 0 Å². The number of hydrogen-bond acceptors (Lipinski definition) is 1. The summed E-state index contributed by atoms with van der Waals surface area (Å²) in [5.74, 6) is 0.705. The lowest BCUT2D eigenvalue weighted by Crippen LogP contribution is -1.79. The van der Waals surface area contributed by atoms with Gasteiger partial charge in [-0.25, -0.2) is 0 Å². The minimum Gasteiger partial charge on any atom is -0.122 e. The average Bonchev–Trinajstić information content (AvgIpc) is 2.37. The van der Waals surface area contributed by atoms with Crippen LogP contribution in [0.4, 0.5) is 0 Å². The van der Waals surface area contributed by atoms with Crippen molar-refractivity contribution >= 4 is 0 Å². The van der Waals surface area contributed by atoms with Crippen LogP contribution in [-0.4, -0.2) is 0 Å². The maximum absolute atomic E-state index is 5.11. The van der Waals surface area contributed by atoms with Crippen molar-refractivity contribution in [1.29, 1.82) is 0 Å². The maximum Gasteiger partial charge on any atom is 0.360 e. The molecule has 0 aliphatic rings. The zero-order valence-electron chi connectivity index (χ0n) is 8.71. The van der Waals surface area contributed by atoms with E-state index in [1.165, 1.54) is 0 Å². The number of rotatable bonds is 2. The molecule has 0 saturated carbocycles. The Hall–Kier alpha value is -2.27. The second-order valence-electron chi connectivity index (χ2n) is 3.18. The number of benzene rings is 2. The molecule has 0 N–H and O–H groups in total. The van der Waals surface area contributed by atoms with Crippen LogP contribution in [0.5, 0.6) is 5.75 Å². The van der Waals surface area contributed by atoms with E-state index in [-0.39, 0.29) is 0 Å². The summed E-state index contributed by atoms with van der Waals surface area (Å²) in [6.45, 7) is 0. The van der Waals surface area contributed by atoms with Gasteiger partial charge in [-0.15, -0.1) is 4.84 Å². The number of nitrogens with zero attached hydrogens (tertiary/aromatic N) is 1. The molecule has 1 radical (unpaired) electrons. The van der Waals surface area contributed by atoms with Crippen LogP contribution in [0.15, 0.2) is 60.7 Å². The van der Waals surface area contributed by atoms with Gasteiger partial charge in [0.25, 0.3) is 0 Å². The van der Waals surface area contributed by atoms with E-state index in [0.29, 0.717) is 5.75 Å². The predicted molar refractivity (Wildman–Crippen MR) is 64.2 cm³/mol. The summed E-state index contributed by atoms with van der Waals surface area (Å²) in [4.78, 5) is 5.11. The Morgan fingerprint density at radius 3 is 2.19 bits per heavy atom. The molecule has 0 saturated heterocycles.